The van der Waals surface area contributed by atoms with E-state index in [2.05, 4.69) is 4.98 Å². The Morgan fingerprint density at radius 2 is 2.32 bits per heavy atom. The van der Waals surface area contributed by atoms with Crippen molar-refractivity contribution in [3.8, 4) is 6.07 Å². The first-order valence-corrected chi connectivity index (χ1v) is 6.48. The zero-order valence-electron chi connectivity index (χ0n) is 10.6. The Bertz CT molecular complexity index is 674. The SMILES string of the molecule is Cc1nc2cc(N(C)CCC#N)c([N+](=O)[O-])cc2s1. The van der Waals surface area contributed by atoms with Gasteiger partial charge in [0.05, 0.1) is 32.6 Å². The molecule has 0 aliphatic heterocycles. The van der Waals surface area contributed by atoms with Crippen LogP contribution in [0.1, 0.15) is 11.4 Å². The first kappa shape index (κ1) is 13.2. The Balaban J connectivity index is 2.53. The normalized spacial score (nSPS) is 10.4. The smallest absolute Gasteiger partial charge is 0.294 e. The standard InChI is InChI=1S/C12H12N4O2S/c1-8-14-9-6-10(15(2)5-3-4-13)11(16(17)18)7-12(9)19-8/h6-7H,3,5H2,1-2H3. The molecule has 1 aromatic heterocycles. The molecular formula is C12H12N4O2S. The second-order valence-electron chi connectivity index (χ2n) is 4.13. The van der Waals surface area contributed by atoms with E-state index < -0.39 is 4.92 Å². The van der Waals surface area contributed by atoms with Crippen LogP contribution in [0.3, 0.4) is 0 Å². The number of nitriles is 1. The number of thiazole rings is 1. The first-order chi connectivity index (χ1) is 9.02. The molecule has 0 atom stereocenters. The molecule has 98 valence electrons. The highest BCUT2D eigenvalue weighted by atomic mass is 32.1. The summed E-state index contributed by atoms with van der Waals surface area (Å²) in [5.41, 5.74) is 1.31. The number of nitro groups is 1. The minimum absolute atomic E-state index is 0.0524. The van der Waals surface area contributed by atoms with Gasteiger partial charge in [-0.2, -0.15) is 5.26 Å². The highest BCUT2D eigenvalue weighted by Crippen LogP contribution is 2.34. The number of hydrogen-bond acceptors (Lipinski definition) is 6. The lowest BCUT2D eigenvalue weighted by Crippen LogP contribution is -2.19. The monoisotopic (exact) mass is 276 g/mol. The third kappa shape index (κ3) is 2.63. The maximum Gasteiger partial charge on any atom is 0.294 e. The molecule has 0 unspecified atom stereocenters. The number of aromatic nitrogens is 1. The van der Waals surface area contributed by atoms with Gasteiger partial charge in [0.25, 0.3) is 5.69 Å². The van der Waals surface area contributed by atoms with Crippen LogP contribution in [0.2, 0.25) is 0 Å². The van der Waals surface area contributed by atoms with E-state index >= 15 is 0 Å². The average Bonchev–Trinajstić information content (AvgIpc) is 2.73. The van der Waals surface area contributed by atoms with Crippen LogP contribution in [0.4, 0.5) is 11.4 Å². The highest BCUT2D eigenvalue weighted by molar-refractivity contribution is 7.18. The molecule has 0 bridgehead atoms. The van der Waals surface area contributed by atoms with Crippen LogP contribution in [0, 0.1) is 28.4 Å². The van der Waals surface area contributed by atoms with E-state index in [9.17, 15) is 10.1 Å². The summed E-state index contributed by atoms with van der Waals surface area (Å²) in [7, 11) is 1.74. The van der Waals surface area contributed by atoms with Crippen molar-refractivity contribution in [3.05, 3.63) is 27.3 Å². The molecule has 0 amide bonds. The summed E-state index contributed by atoms with van der Waals surface area (Å²) < 4.78 is 0.807. The van der Waals surface area contributed by atoms with Gasteiger partial charge in [0.1, 0.15) is 5.69 Å². The maximum absolute atomic E-state index is 11.1. The van der Waals surface area contributed by atoms with Crippen LogP contribution in [-0.4, -0.2) is 23.5 Å². The van der Waals surface area contributed by atoms with Gasteiger partial charge in [0, 0.05) is 19.7 Å². The molecule has 0 fully saturated rings. The second-order valence-corrected chi connectivity index (χ2v) is 5.36. The van der Waals surface area contributed by atoms with E-state index in [-0.39, 0.29) is 5.69 Å². The van der Waals surface area contributed by atoms with Crippen molar-refractivity contribution >= 4 is 32.9 Å². The van der Waals surface area contributed by atoms with Crippen molar-refractivity contribution in [2.45, 2.75) is 13.3 Å². The van der Waals surface area contributed by atoms with Crippen molar-refractivity contribution in [2.24, 2.45) is 0 Å². The Morgan fingerprint density at radius 3 is 2.95 bits per heavy atom. The average molecular weight is 276 g/mol. The van der Waals surface area contributed by atoms with E-state index in [0.29, 0.717) is 18.7 Å². The Hall–Kier alpha value is -2.20. The van der Waals surface area contributed by atoms with Gasteiger partial charge in [-0.15, -0.1) is 11.3 Å². The second kappa shape index (κ2) is 5.20. The number of aryl methyl sites for hydroxylation is 1. The molecule has 0 spiro atoms. The van der Waals surface area contributed by atoms with E-state index in [1.54, 1.807) is 24.1 Å². The maximum atomic E-state index is 11.1. The lowest BCUT2D eigenvalue weighted by atomic mass is 10.2. The molecule has 19 heavy (non-hydrogen) atoms. The van der Waals surface area contributed by atoms with Crippen molar-refractivity contribution in [1.29, 1.82) is 5.26 Å². The Kier molecular flexibility index (Phi) is 3.62. The van der Waals surface area contributed by atoms with Gasteiger partial charge in [-0.1, -0.05) is 0 Å². The van der Waals surface area contributed by atoms with Gasteiger partial charge in [-0.3, -0.25) is 10.1 Å². The minimum Gasteiger partial charge on any atom is -0.368 e. The van der Waals surface area contributed by atoms with Crippen molar-refractivity contribution in [1.82, 2.24) is 4.98 Å². The van der Waals surface area contributed by atoms with Crippen LogP contribution in [0.5, 0.6) is 0 Å². The molecule has 7 heteroatoms. The number of anilines is 1. The summed E-state index contributed by atoms with van der Waals surface area (Å²) in [5.74, 6) is 0. The largest absolute Gasteiger partial charge is 0.368 e. The summed E-state index contributed by atoms with van der Waals surface area (Å²) in [6, 6.07) is 5.30. The number of nitrogens with zero attached hydrogens (tertiary/aromatic N) is 4. The molecule has 2 aromatic rings. The van der Waals surface area contributed by atoms with E-state index in [4.69, 9.17) is 5.26 Å². The summed E-state index contributed by atoms with van der Waals surface area (Å²) in [5, 5.41) is 20.6. The van der Waals surface area contributed by atoms with Crippen LogP contribution in [-0.2, 0) is 0 Å². The van der Waals surface area contributed by atoms with Crippen LogP contribution >= 0.6 is 11.3 Å². The number of fused-ring (bicyclic) bond motifs is 1. The molecule has 0 saturated heterocycles. The van der Waals surface area contributed by atoms with Crippen LogP contribution in [0.25, 0.3) is 10.2 Å². The Labute approximate surface area is 114 Å². The Morgan fingerprint density at radius 1 is 1.58 bits per heavy atom. The third-order valence-electron chi connectivity index (χ3n) is 2.76. The topological polar surface area (TPSA) is 83.1 Å². The molecule has 1 aromatic carbocycles. The van der Waals surface area contributed by atoms with Crippen LogP contribution in [0.15, 0.2) is 12.1 Å². The van der Waals surface area contributed by atoms with Gasteiger partial charge in [0.2, 0.25) is 0 Å². The zero-order chi connectivity index (χ0) is 14.0. The predicted octanol–water partition coefficient (Wildman–Crippen LogP) is 2.86. The summed E-state index contributed by atoms with van der Waals surface area (Å²) in [6.45, 7) is 2.32. The summed E-state index contributed by atoms with van der Waals surface area (Å²) >= 11 is 1.44. The fourth-order valence-electron chi connectivity index (χ4n) is 1.86. The molecule has 6 nitrogen and oxygen atoms in total. The lowest BCUT2D eigenvalue weighted by Gasteiger charge is -2.17. The molecule has 1 heterocycles. The molecule has 0 N–H and O–H groups in total. The van der Waals surface area contributed by atoms with Gasteiger partial charge in [-0.05, 0) is 13.0 Å². The van der Waals surface area contributed by atoms with Gasteiger partial charge in [-0.25, -0.2) is 4.98 Å². The van der Waals surface area contributed by atoms with E-state index in [1.165, 1.54) is 11.3 Å². The van der Waals surface area contributed by atoms with Gasteiger partial charge >= 0.3 is 0 Å². The highest BCUT2D eigenvalue weighted by Gasteiger charge is 2.19. The quantitative estimate of drug-likeness (QED) is 0.633. The lowest BCUT2D eigenvalue weighted by molar-refractivity contribution is -0.384. The fourth-order valence-corrected chi connectivity index (χ4v) is 2.70. The van der Waals surface area contributed by atoms with Crippen molar-refractivity contribution < 1.29 is 4.92 Å². The molecule has 2 rings (SSSR count). The van der Waals surface area contributed by atoms with Crippen molar-refractivity contribution in [2.75, 3.05) is 18.5 Å². The van der Waals surface area contributed by atoms with E-state index in [1.807, 2.05) is 13.0 Å². The third-order valence-corrected chi connectivity index (χ3v) is 3.69. The number of nitro benzene ring substituents is 1. The van der Waals surface area contributed by atoms with Gasteiger partial charge < -0.3 is 4.90 Å². The van der Waals surface area contributed by atoms with Crippen molar-refractivity contribution in [3.63, 3.8) is 0 Å². The van der Waals surface area contributed by atoms with E-state index in [0.717, 1.165) is 15.2 Å². The molecule has 0 radical (unpaired) electrons. The number of rotatable bonds is 4. The number of hydrogen-bond donors (Lipinski definition) is 0. The fraction of sp³-hybridized carbons (Fsp3) is 0.333. The summed E-state index contributed by atoms with van der Waals surface area (Å²) in [6.07, 6.45) is 0.321. The summed E-state index contributed by atoms with van der Waals surface area (Å²) in [4.78, 5) is 16.8. The minimum atomic E-state index is -0.396. The molecule has 0 aliphatic rings. The zero-order valence-corrected chi connectivity index (χ0v) is 11.4. The molecule has 0 aliphatic carbocycles. The first-order valence-electron chi connectivity index (χ1n) is 5.66. The predicted molar refractivity (Wildman–Crippen MR) is 74.5 cm³/mol. The van der Waals surface area contributed by atoms with Crippen LogP contribution < -0.4 is 4.90 Å². The molecular weight excluding hydrogens is 264 g/mol. The molecule has 0 saturated carbocycles. The number of benzene rings is 1. The van der Waals surface area contributed by atoms with Gasteiger partial charge in [0.15, 0.2) is 0 Å².